The maximum Gasteiger partial charge on any atom is 0.225 e. The molecule has 0 aliphatic rings. The number of methoxy groups -OCH3 is 2. The van der Waals surface area contributed by atoms with Gasteiger partial charge in [-0.15, -0.1) is 0 Å². The summed E-state index contributed by atoms with van der Waals surface area (Å²) in [4.78, 5) is 13.6. The van der Waals surface area contributed by atoms with Gasteiger partial charge in [-0.25, -0.2) is 4.98 Å². The monoisotopic (exact) mass is 379 g/mol. The summed E-state index contributed by atoms with van der Waals surface area (Å²) >= 11 is 0. The van der Waals surface area contributed by atoms with Crippen LogP contribution in [-0.2, 0) is 0 Å². The first-order valence-corrected chi connectivity index (χ1v) is 9.19. The molecule has 0 amide bonds. The highest BCUT2D eigenvalue weighted by atomic mass is 16.5. The first-order chi connectivity index (χ1) is 13.6. The van der Waals surface area contributed by atoms with Crippen molar-refractivity contribution in [1.82, 2.24) is 15.0 Å². The summed E-state index contributed by atoms with van der Waals surface area (Å²) in [7, 11) is 3.22. The van der Waals surface area contributed by atoms with Crippen LogP contribution in [0.2, 0.25) is 0 Å². The fourth-order valence-corrected chi connectivity index (χ4v) is 2.61. The minimum absolute atomic E-state index is 0.257. The molecule has 0 radical (unpaired) electrons. The smallest absolute Gasteiger partial charge is 0.225 e. The summed E-state index contributed by atoms with van der Waals surface area (Å²) in [6, 6.07) is 13.5. The number of hydrogen-bond donors (Lipinski definition) is 2. The molecular weight excluding hydrogens is 354 g/mol. The molecule has 1 atom stereocenters. The van der Waals surface area contributed by atoms with Crippen molar-refractivity contribution in [3.05, 3.63) is 48.7 Å². The molecule has 0 aliphatic carbocycles. The molecule has 0 bridgehead atoms. The third-order valence-corrected chi connectivity index (χ3v) is 4.30. The first-order valence-electron chi connectivity index (χ1n) is 9.19. The lowest BCUT2D eigenvalue weighted by molar-refractivity contribution is 0.355. The van der Waals surface area contributed by atoms with Crippen LogP contribution < -0.4 is 20.1 Å². The Bertz CT molecular complexity index is 918. The molecule has 1 aromatic carbocycles. The standard InChI is InChI=1S/C21H25N5O2/c1-5-14(2)23-21-25-17(16-8-6-7-11-22-16)13-20(26-21)24-15-9-10-18(27-3)19(12-15)28-4/h6-14H,5H2,1-4H3,(H2,23,24,25,26)/t14-/m0/s1. The summed E-state index contributed by atoms with van der Waals surface area (Å²) in [5, 5.41) is 6.65. The molecule has 2 aromatic heterocycles. The van der Waals surface area contributed by atoms with Crippen molar-refractivity contribution < 1.29 is 9.47 Å². The van der Waals surface area contributed by atoms with Gasteiger partial charge in [0, 0.05) is 30.1 Å². The second kappa shape index (κ2) is 9.03. The average molecular weight is 379 g/mol. The van der Waals surface area contributed by atoms with Gasteiger partial charge in [-0.2, -0.15) is 4.98 Å². The van der Waals surface area contributed by atoms with Gasteiger partial charge in [-0.1, -0.05) is 13.0 Å². The number of nitrogens with zero attached hydrogens (tertiary/aromatic N) is 3. The summed E-state index contributed by atoms with van der Waals surface area (Å²) in [5.74, 6) is 2.53. The Morgan fingerprint density at radius 3 is 2.46 bits per heavy atom. The zero-order chi connectivity index (χ0) is 19.9. The molecular formula is C21H25N5O2. The van der Waals surface area contributed by atoms with Gasteiger partial charge in [-0.3, -0.25) is 4.98 Å². The molecule has 0 fully saturated rings. The summed E-state index contributed by atoms with van der Waals surface area (Å²) in [6.07, 6.45) is 2.72. The van der Waals surface area contributed by atoms with Crippen LogP contribution >= 0.6 is 0 Å². The van der Waals surface area contributed by atoms with Gasteiger partial charge in [0.05, 0.1) is 25.6 Å². The lowest BCUT2D eigenvalue weighted by Gasteiger charge is -2.15. The van der Waals surface area contributed by atoms with Crippen LogP contribution in [0.5, 0.6) is 11.5 Å². The van der Waals surface area contributed by atoms with Crippen molar-refractivity contribution in [1.29, 1.82) is 0 Å². The highest BCUT2D eigenvalue weighted by Crippen LogP contribution is 2.31. The van der Waals surface area contributed by atoms with Crippen molar-refractivity contribution in [3.63, 3.8) is 0 Å². The average Bonchev–Trinajstić information content (AvgIpc) is 2.74. The topological polar surface area (TPSA) is 81.2 Å². The quantitative estimate of drug-likeness (QED) is 0.596. The lowest BCUT2D eigenvalue weighted by Crippen LogP contribution is -2.16. The number of nitrogens with one attached hydrogen (secondary N) is 2. The van der Waals surface area contributed by atoms with Crippen LogP contribution in [0.1, 0.15) is 20.3 Å². The molecule has 7 heteroatoms. The van der Waals surface area contributed by atoms with Gasteiger partial charge in [0.25, 0.3) is 0 Å². The van der Waals surface area contributed by atoms with Gasteiger partial charge in [0.2, 0.25) is 5.95 Å². The van der Waals surface area contributed by atoms with Gasteiger partial charge in [0.15, 0.2) is 11.5 Å². The molecule has 0 saturated carbocycles. The highest BCUT2D eigenvalue weighted by Gasteiger charge is 2.11. The van der Waals surface area contributed by atoms with E-state index in [2.05, 4.69) is 39.4 Å². The normalized spacial score (nSPS) is 11.6. The van der Waals surface area contributed by atoms with Crippen LogP contribution in [0.4, 0.5) is 17.5 Å². The van der Waals surface area contributed by atoms with Crippen molar-refractivity contribution in [3.8, 4) is 22.9 Å². The fraction of sp³-hybridized carbons (Fsp3) is 0.286. The van der Waals surface area contributed by atoms with E-state index >= 15 is 0 Å². The molecule has 2 N–H and O–H groups in total. The number of pyridine rings is 1. The molecule has 28 heavy (non-hydrogen) atoms. The number of hydrogen-bond acceptors (Lipinski definition) is 7. The molecule has 3 rings (SSSR count). The Labute approximate surface area is 165 Å². The molecule has 2 heterocycles. The van der Waals surface area contributed by atoms with E-state index in [1.807, 2.05) is 42.5 Å². The predicted octanol–water partition coefficient (Wildman–Crippen LogP) is 4.51. The lowest BCUT2D eigenvalue weighted by atomic mass is 10.2. The van der Waals surface area contributed by atoms with E-state index < -0.39 is 0 Å². The number of ether oxygens (including phenoxy) is 2. The third kappa shape index (κ3) is 4.68. The van der Waals surface area contributed by atoms with Crippen molar-refractivity contribution in [2.24, 2.45) is 0 Å². The molecule has 0 spiro atoms. The van der Waals surface area contributed by atoms with Gasteiger partial charge in [0.1, 0.15) is 5.82 Å². The maximum absolute atomic E-state index is 5.38. The Hall–Kier alpha value is -3.35. The fourth-order valence-electron chi connectivity index (χ4n) is 2.61. The van der Waals surface area contributed by atoms with Crippen molar-refractivity contribution >= 4 is 17.5 Å². The SMILES string of the molecule is CC[C@H](C)Nc1nc(Nc2ccc(OC)c(OC)c2)cc(-c2ccccn2)n1. The van der Waals surface area contributed by atoms with Gasteiger partial charge >= 0.3 is 0 Å². The first kappa shape index (κ1) is 19.4. The van der Waals surface area contributed by atoms with Gasteiger partial charge in [-0.05, 0) is 37.6 Å². The minimum Gasteiger partial charge on any atom is -0.493 e. The van der Waals surface area contributed by atoms with Crippen LogP contribution in [0.15, 0.2) is 48.7 Å². The number of benzene rings is 1. The summed E-state index contributed by atoms with van der Waals surface area (Å²) in [6.45, 7) is 4.21. The molecule has 146 valence electrons. The second-order valence-electron chi connectivity index (χ2n) is 6.33. The Morgan fingerprint density at radius 2 is 1.79 bits per heavy atom. The van der Waals surface area contributed by atoms with E-state index in [0.29, 0.717) is 23.3 Å². The zero-order valence-corrected chi connectivity index (χ0v) is 16.6. The van der Waals surface area contributed by atoms with E-state index in [1.54, 1.807) is 20.4 Å². The van der Waals surface area contributed by atoms with Crippen LogP contribution in [0, 0.1) is 0 Å². The number of rotatable bonds is 8. The van der Waals surface area contributed by atoms with Gasteiger partial charge < -0.3 is 20.1 Å². The summed E-state index contributed by atoms with van der Waals surface area (Å²) in [5.41, 5.74) is 2.36. The predicted molar refractivity (Wildman–Crippen MR) is 111 cm³/mol. The number of aromatic nitrogens is 3. The molecule has 0 unspecified atom stereocenters. The van der Waals surface area contributed by atoms with E-state index in [-0.39, 0.29) is 6.04 Å². The molecule has 3 aromatic rings. The molecule has 0 aliphatic heterocycles. The Morgan fingerprint density at radius 1 is 0.964 bits per heavy atom. The van der Waals surface area contributed by atoms with Crippen molar-refractivity contribution in [2.45, 2.75) is 26.3 Å². The maximum atomic E-state index is 5.38. The van der Waals surface area contributed by atoms with Crippen LogP contribution in [0.25, 0.3) is 11.4 Å². The van der Waals surface area contributed by atoms with E-state index in [4.69, 9.17) is 9.47 Å². The highest BCUT2D eigenvalue weighted by molar-refractivity contribution is 5.67. The van der Waals surface area contributed by atoms with E-state index in [0.717, 1.165) is 23.5 Å². The Balaban J connectivity index is 1.96. The van der Waals surface area contributed by atoms with Crippen molar-refractivity contribution in [2.75, 3.05) is 24.9 Å². The largest absolute Gasteiger partial charge is 0.493 e. The van der Waals surface area contributed by atoms with Crippen LogP contribution in [0.3, 0.4) is 0 Å². The number of anilines is 3. The Kier molecular flexibility index (Phi) is 6.26. The zero-order valence-electron chi connectivity index (χ0n) is 16.6. The third-order valence-electron chi connectivity index (χ3n) is 4.30. The van der Waals surface area contributed by atoms with E-state index in [1.165, 1.54) is 0 Å². The minimum atomic E-state index is 0.257. The molecule has 7 nitrogen and oxygen atoms in total. The van der Waals surface area contributed by atoms with E-state index in [9.17, 15) is 0 Å². The van der Waals surface area contributed by atoms with Crippen LogP contribution in [-0.4, -0.2) is 35.2 Å². The summed E-state index contributed by atoms with van der Waals surface area (Å²) < 4.78 is 10.7. The second-order valence-corrected chi connectivity index (χ2v) is 6.33. The molecule has 0 saturated heterocycles.